The molecule has 1 N–H and O–H groups in total. The molecule has 1 saturated heterocycles. The number of hydrogen-bond donors (Lipinski definition) is 1. The Kier molecular flexibility index (Phi) is 7.74. The Balaban J connectivity index is 1.59. The number of benzene rings is 2. The molecule has 3 rings (SSSR count). The normalized spacial score (nSPS) is 14.8. The van der Waals surface area contributed by atoms with Crippen LogP contribution in [0, 0.1) is 0 Å². The number of ether oxygens (including phenoxy) is 1. The molecular formula is C23H26F3N3O3. The van der Waals surface area contributed by atoms with Crippen molar-refractivity contribution >= 4 is 11.8 Å². The summed E-state index contributed by atoms with van der Waals surface area (Å²) < 4.78 is 44.3. The van der Waals surface area contributed by atoms with Crippen LogP contribution in [-0.2, 0) is 11.0 Å². The van der Waals surface area contributed by atoms with Gasteiger partial charge >= 0.3 is 6.18 Å². The van der Waals surface area contributed by atoms with Crippen LogP contribution in [0.2, 0.25) is 0 Å². The molecule has 6 nitrogen and oxygen atoms in total. The molecule has 1 fully saturated rings. The number of nitrogens with one attached hydrogen (secondary N) is 1. The van der Waals surface area contributed by atoms with Crippen LogP contribution in [0.25, 0.3) is 0 Å². The molecule has 0 atom stereocenters. The van der Waals surface area contributed by atoms with E-state index < -0.39 is 11.7 Å². The fourth-order valence-corrected chi connectivity index (χ4v) is 3.38. The van der Waals surface area contributed by atoms with Crippen molar-refractivity contribution in [2.75, 3.05) is 39.3 Å². The number of rotatable bonds is 7. The lowest BCUT2D eigenvalue weighted by Crippen LogP contribution is -2.51. The maximum absolute atomic E-state index is 12.9. The van der Waals surface area contributed by atoms with Crippen LogP contribution in [0.15, 0.2) is 48.5 Å². The highest BCUT2D eigenvalue weighted by Gasteiger charge is 2.30. The Hall–Kier alpha value is -3.07. The smallest absolute Gasteiger partial charge is 0.416 e. The van der Waals surface area contributed by atoms with Gasteiger partial charge in [0.1, 0.15) is 11.5 Å². The molecule has 0 spiro atoms. The average Bonchev–Trinajstić information content (AvgIpc) is 2.77. The minimum atomic E-state index is -4.46. The first-order chi connectivity index (χ1) is 15.3. The van der Waals surface area contributed by atoms with E-state index in [-0.39, 0.29) is 23.3 Å². The number of amides is 2. The van der Waals surface area contributed by atoms with Crippen molar-refractivity contribution in [1.29, 1.82) is 0 Å². The first kappa shape index (κ1) is 23.6. The van der Waals surface area contributed by atoms with E-state index in [9.17, 15) is 22.8 Å². The summed E-state index contributed by atoms with van der Waals surface area (Å²) in [5.74, 6) is 0.112. The number of halogens is 3. The van der Waals surface area contributed by atoms with Crippen molar-refractivity contribution in [1.82, 2.24) is 15.1 Å². The summed E-state index contributed by atoms with van der Waals surface area (Å²) in [6, 6.07) is 11.0. The minimum absolute atomic E-state index is 0.0222. The van der Waals surface area contributed by atoms with Crippen molar-refractivity contribution in [3.05, 3.63) is 59.7 Å². The molecular weight excluding hydrogens is 423 g/mol. The SMILES string of the molecule is CCCNC(=O)CN1CCN(C(=O)c2cccc(Oc3cccc(C(F)(F)F)c3)c2)CC1. The molecule has 9 heteroatoms. The molecule has 0 aromatic heterocycles. The highest BCUT2D eigenvalue weighted by atomic mass is 19.4. The van der Waals surface area contributed by atoms with Crippen LogP contribution in [0.4, 0.5) is 13.2 Å². The molecule has 172 valence electrons. The zero-order valence-corrected chi connectivity index (χ0v) is 17.8. The molecule has 0 saturated carbocycles. The van der Waals surface area contributed by atoms with E-state index in [1.807, 2.05) is 11.8 Å². The van der Waals surface area contributed by atoms with Gasteiger partial charge in [-0.1, -0.05) is 19.1 Å². The van der Waals surface area contributed by atoms with Crippen molar-refractivity contribution in [2.24, 2.45) is 0 Å². The summed E-state index contributed by atoms with van der Waals surface area (Å²) in [5.41, 5.74) is -0.410. The van der Waals surface area contributed by atoms with Crippen LogP contribution < -0.4 is 10.1 Å². The second-order valence-electron chi connectivity index (χ2n) is 7.57. The molecule has 1 heterocycles. The number of nitrogens with zero attached hydrogens (tertiary/aromatic N) is 2. The van der Waals surface area contributed by atoms with Gasteiger partial charge < -0.3 is 15.0 Å². The molecule has 2 aromatic rings. The van der Waals surface area contributed by atoms with Gasteiger partial charge in [0.05, 0.1) is 12.1 Å². The topological polar surface area (TPSA) is 61.9 Å². The molecule has 2 aromatic carbocycles. The quantitative estimate of drug-likeness (QED) is 0.699. The van der Waals surface area contributed by atoms with Gasteiger partial charge in [-0.05, 0) is 42.8 Å². The standard InChI is InChI=1S/C23H26F3N3O3/c1-2-9-27-21(30)16-28-10-12-29(13-11-28)22(31)17-5-3-7-19(14-17)32-20-8-4-6-18(15-20)23(24,25)26/h3-8,14-15H,2,9-13,16H2,1H3,(H,27,30). The fourth-order valence-electron chi connectivity index (χ4n) is 3.38. The molecule has 2 amide bonds. The first-order valence-electron chi connectivity index (χ1n) is 10.5. The summed E-state index contributed by atoms with van der Waals surface area (Å²) in [6.45, 7) is 5.09. The highest BCUT2D eigenvalue weighted by Crippen LogP contribution is 2.32. The summed E-state index contributed by atoms with van der Waals surface area (Å²) in [5, 5.41) is 2.84. The van der Waals surface area contributed by atoms with Crippen LogP contribution in [0.1, 0.15) is 29.3 Å². The Morgan fingerprint density at radius 1 is 1.00 bits per heavy atom. The molecule has 1 aliphatic rings. The number of alkyl halides is 3. The lowest BCUT2D eigenvalue weighted by Gasteiger charge is -2.34. The Bertz CT molecular complexity index is 941. The summed E-state index contributed by atoms with van der Waals surface area (Å²) >= 11 is 0. The average molecular weight is 449 g/mol. The van der Waals surface area contributed by atoms with Crippen LogP contribution in [-0.4, -0.2) is 60.9 Å². The Morgan fingerprint density at radius 3 is 2.31 bits per heavy atom. The van der Waals surface area contributed by atoms with E-state index in [0.29, 0.717) is 44.8 Å². The maximum Gasteiger partial charge on any atom is 0.416 e. The van der Waals surface area contributed by atoms with Gasteiger partial charge in [0.2, 0.25) is 5.91 Å². The van der Waals surface area contributed by atoms with Gasteiger partial charge in [-0.15, -0.1) is 0 Å². The van der Waals surface area contributed by atoms with Gasteiger partial charge in [0, 0.05) is 38.3 Å². The predicted molar refractivity (Wildman–Crippen MR) is 114 cm³/mol. The van der Waals surface area contributed by atoms with Gasteiger partial charge in [-0.2, -0.15) is 13.2 Å². The lowest BCUT2D eigenvalue weighted by atomic mass is 10.1. The van der Waals surface area contributed by atoms with Crippen molar-refractivity contribution < 1.29 is 27.5 Å². The molecule has 32 heavy (non-hydrogen) atoms. The van der Waals surface area contributed by atoms with Gasteiger partial charge in [-0.3, -0.25) is 14.5 Å². The van der Waals surface area contributed by atoms with Gasteiger partial charge in [0.15, 0.2) is 0 Å². The number of carbonyl (C=O) groups excluding carboxylic acids is 2. The molecule has 0 radical (unpaired) electrons. The number of hydrogen-bond acceptors (Lipinski definition) is 4. The summed E-state index contributed by atoms with van der Waals surface area (Å²) in [4.78, 5) is 28.4. The second-order valence-corrected chi connectivity index (χ2v) is 7.57. The number of piperazine rings is 1. The van der Waals surface area contributed by atoms with Gasteiger partial charge in [-0.25, -0.2) is 0 Å². The zero-order chi connectivity index (χ0) is 23.1. The molecule has 1 aliphatic heterocycles. The summed E-state index contributed by atoms with van der Waals surface area (Å²) in [7, 11) is 0. The van der Waals surface area contributed by atoms with E-state index in [1.165, 1.54) is 18.2 Å². The van der Waals surface area contributed by atoms with E-state index in [2.05, 4.69) is 5.32 Å². The predicted octanol–water partition coefficient (Wildman–Crippen LogP) is 3.78. The summed E-state index contributed by atoms with van der Waals surface area (Å²) in [6.07, 6.45) is -3.58. The van der Waals surface area contributed by atoms with E-state index >= 15 is 0 Å². The molecule has 0 aliphatic carbocycles. The number of carbonyl (C=O) groups is 2. The molecule has 0 bridgehead atoms. The van der Waals surface area contributed by atoms with E-state index in [4.69, 9.17) is 4.74 Å². The molecule has 0 unspecified atom stereocenters. The Morgan fingerprint density at radius 2 is 1.66 bits per heavy atom. The van der Waals surface area contributed by atoms with Crippen LogP contribution in [0.5, 0.6) is 11.5 Å². The highest BCUT2D eigenvalue weighted by molar-refractivity contribution is 5.94. The first-order valence-corrected chi connectivity index (χ1v) is 10.5. The third-order valence-corrected chi connectivity index (χ3v) is 5.08. The lowest BCUT2D eigenvalue weighted by molar-refractivity contribution is -0.137. The van der Waals surface area contributed by atoms with E-state index in [1.54, 1.807) is 23.1 Å². The maximum atomic E-state index is 12.9. The van der Waals surface area contributed by atoms with Crippen LogP contribution >= 0.6 is 0 Å². The monoisotopic (exact) mass is 449 g/mol. The van der Waals surface area contributed by atoms with E-state index in [0.717, 1.165) is 18.6 Å². The van der Waals surface area contributed by atoms with Crippen molar-refractivity contribution in [3.8, 4) is 11.5 Å². The van der Waals surface area contributed by atoms with Crippen LogP contribution in [0.3, 0.4) is 0 Å². The third kappa shape index (κ3) is 6.46. The zero-order valence-electron chi connectivity index (χ0n) is 17.8. The minimum Gasteiger partial charge on any atom is -0.457 e. The van der Waals surface area contributed by atoms with Crippen molar-refractivity contribution in [2.45, 2.75) is 19.5 Å². The van der Waals surface area contributed by atoms with Gasteiger partial charge in [0.25, 0.3) is 5.91 Å². The largest absolute Gasteiger partial charge is 0.457 e. The Labute approximate surface area is 184 Å². The second kappa shape index (κ2) is 10.5. The fraction of sp³-hybridized carbons (Fsp3) is 0.391. The van der Waals surface area contributed by atoms with Crippen molar-refractivity contribution in [3.63, 3.8) is 0 Å². The third-order valence-electron chi connectivity index (χ3n) is 5.08.